The Morgan fingerprint density at radius 3 is 2.47 bits per heavy atom. The van der Waals surface area contributed by atoms with Crippen LogP contribution in [0.15, 0.2) is 16.6 Å². The average molecular weight is 331 g/mol. The molecule has 0 saturated carbocycles. The van der Waals surface area contributed by atoms with Crippen molar-refractivity contribution in [1.82, 2.24) is 5.32 Å². The van der Waals surface area contributed by atoms with E-state index in [1.807, 2.05) is 12.1 Å². The van der Waals surface area contributed by atoms with Crippen molar-refractivity contribution in [3.63, 3.8) is 0 Å². The molecule has 1 rings (SSSR count). The van der Waals surface area contributed by atoms with Gasteiger partial charge in [0.2, 0.25) is 5.91 Å². The van der Waals surface area contributed by atoms with Crippen molar-refractivity contribution in [3.8, 4) is 11.5 Å². The van der Waals surface area contributed by atoms with E-state index in [0.717, 1.165) is 10.0 Å². The largest absolute Gasteiger partial charge is 0.493 e. The molecule has 1 aromatic carbocycles. The van der Waals surface area contributed by atoms with E-state index in [0.29, 0.717) is 18.0 Å². The van der Waals surface area contributed by atoms with Gasteiger partial charge in [-0.05, 0) is 47.5 Å². The van der Waals surface area contributed by atoms with Crippen molar-refractivity contribution < 1.29 is 14.3 Å². The third kappa shape index (κ3) is 3.84. The standard InChI is InChI=1S/C13H19BrN2O3/c1-13(2,12(15)17)16-7-8-5-9(14)11(19-4)10(6-8)18-3/h5-6,16H,7H2,1-4H3,(H2,15,17). The summed E-state index contributed by atoms with van der Waals surface area (Å²) in [6.07, 6.45) is 0. The molecular weight excluding hydrogens is 312 g/mol. The molecule has 6 heteroatoms. The fraction of sp³-hybridized carbons (Fsp3) is 0.462. The van der Waals surface area contributed by atoms with Gasteiger partial charge in [0, 0.05) is 6.54 Å². The van der Waals surface area contributed by atoms with Crippen LogP contribution in [0.4, 0.5) is 0 Å². The van der Waals surface area contributed by atoms with E-state index < -0.39 is 11.4 Å². The van der Waals surface area contributed by atoms with Gasteiger partial charge in [0.05, 0.1) is 24.2 Å². The molecule has 1 aromatic rings. The molecule has 0 unspecified atom stereocenters. The van der Waals surface area contributed by atoms with Crippen LogP contribution >= 0.6 is 15.9 Å². The van der Waals surface area contributed by atoms with E-state index >= 15 is 0 Å². The van der Waals surface area contributed by atoms with Crippen molar-refractivity contribution in [2.45, 2.75) is 25.9 Å². The van der Waals surface area contributed by atoms with Gasteiger partial charge in [-0.1, -0.05) is 0 Å². The first-order valence-electron chi connectivity index (χ1n) is 5.77. The fourth-order valence-electron chi connectivity index (χ4n) is 1.48. The molecule has 0 aliphatic rings. The minimum Gasteiger partial charge on any atom is -0.493 e. The van der Waals surface area contributed by atoms with Crippen LogP contribution in [-0.4, -0.2) is 25.7 Å². The second-order valence-corrected chi connectivity index (χ2v) is 5.51. The fourth-order valence-corrected chi connectivity index (χ4v) is 2.13. The molecule has 0 bridgehead atoms. The summed E-state index contributed by atoms with van der Waals surface area (Å²) in [5, 5.41) is 3.10. The highest BCUT2D eigenvalue weighted by atomic mass is 79.9. The van der Waals surface area contributed by atoms with Gasteiger partial charge in [0.25, 0.3) is 0 Å². The second-order valence-electron chi connectivity index (χ2n) is 4.66. The molecule has 0 saturated heterocycles. The van der Waals surface area contributed by atoms with Gasteiger partial charge in [0.1, 0.15) is 0 Å². The maximum atomic E-state index is 11.2. The number of amides is 1. The first kappa shape index (κ1) is 15.8. The van der Waals surface area contributed by atoms with E-state index in [2.05, 4.69) is 21.2 Å². The molecule has 106 valence electrons. The minimum atomic E-state index is -0.764. The molecule has 0 heterocycles. The Labute approximate surface area is 121 Å². The zero-order valence-corrected chi connectivity index (χ0v) is 13.1. The molecule has 0 aliphatic carbocycles. The number of nitrogens with two attached hydrogens (primary N) is 1. The number of ether oxygens (including phenoxy) is 2. The molecule has 1 amide bonds. The number of rotatable bonds is 6. The summed E-state index contributed by atoms with van der Waals surface area (Å²) in [6.45, 7) is 3.98. The zero-order chi connectivity index (χ0) is 14.6. The Morgan fingerprint density at radius 2 is 2.00 bits per heavy atom. The lowest BCUT2D eigenvalue weighted by atomic mass is 10.0. The average Bonchev–Trinajstić information content (AvgIpc) is 2.35. The van der Waals surface area contributed by atoms with Crippen LogP contribution in [0.3, 0.4) is 0 Å². The topological polar surface area (TPSA) is 73.6 Å². The molecule has 5 nitrogen and oxygen atoms in total. The van der Waals surface area contributed by atoms with Gasteiger partial charge in [-0.3, -0.25) is 10.1 Å². The summed E-state index contributed by atoms with van der Waals surface area (Å²) in [6, 6.07) is 3.76. The van der Waals surface area contributed by atoms with Crippen molar-refractivity contribution in [2.75, 3.05) is 14.2 Å². The molecule has 0 radical (unpaired) electrons. The monoisotopic (exact) mass is 330 g/mol. The number of hydrogen-bond donors (Lipinski definition) is 2. The van der Waals surface area contributed by atoms with Gasteiger partial charge in [-0.25, -0.2) is 0 Å². The summed E-state index contributed by atoms with van der Waals surface area (Å²) < 4.78 is 11.3. The van der Waals surface area contributed by atoms with E-state index in [1.165, 1.54) is 0 Å². The number of primary amides is 1. The summed E-state index contributed by atoms with van der Waals surface area (Å²) in [4.78, 5) is 11.2. The lowest BCUT2D eigenvalue weighted by molar-refractivity contribution is -0.123. The van der Waals surface area contributed by atoms with Crippen LogP contribution in [0.1, 0.15) is 19.4 Å². The Bertz CT molecular complexity index is 475. The number of carbonyl (C=O) groups is 1. The SMILES string of the molecule is COc1cc(CNC(C)(C)C(N)=O)cc(Br)c1OC. The summed E-state index contributed by atoms with van der Waals surface area (Å²) in [7, 11) is 3.16. The Morgan fingerprint density at radius 1 is 1.37 bits per heavy atom. The second kappa shape index (κ2) is 6.25. The van der Waals surface area contributed by atoms with E-state index in [1.54, 1.807) is 28.1 Å². The predicted octanol–water partition coefficient (Wildman–Crippen LogP) is 1.82. The maximum Gasteiger partial charge on any atom is 0.237 e. The summed E-state index contributed by atoms with van der Waals surface area (Å²) in [5.41, 5.74) is 5.50. The molecule has 0 aliphatic heterocycles. The normalized spacial score (nSPS) is 11.2. The molecular formula is C13H19BrN2O3. The highest BCUT2D eigenvalue weighted by molar-refractivity contribution is 9.10. The predicted molar refractivity (Wildman–Crippen MR) is 77.4 cm³/mol. The van der Waals surface area contributed by atoms with E-state index in [4.69, 9.17) is 15.2 Å². The smallest absolute Gasteiger partial charge is 0.237 e. The number of halogens is 1. The Kier molecular flexibility index (Phi) is 5.20. The first-order chi connectivity index (χ1) is 8.81. The third-order valence-corrected chi connectivity index (χ3v) is 3.43. The van der Waals surface area contributed by atoms with Crippen LogP contribution in [0, 0.1) is 0 Å². The highest BCUT2D eigenvalue weighted by Gasteiger charge is 2.24. The number of benzene rings is 1. The number of methoxy groups -OCH3 is 2. The van der Waals surface area contributed by atoms with E-state index in [-0.39, 0.29) is 0 Å². The number of carbonyl (C=O) groups excluding carboxylic acids is 1. The van der Waals surface area contributed by atoms with Crippen LogP contribution < -0.4 is 20.5 Å². The van der Waals surface area contributed by atoms with Gasteiger partial charge < -0.3 is 15.2 Å². The summed E-state index contributed by atoms with van der Waals surface area (Å²) >= 11 is 3.42. The van der Waals surface area contributed by atoms with Crippen LogP contribution in [0.5, 0.6) is 11.5 Å². The Hall–Kier alpha value is -1.27. The Balaban J connectivity index is 2.92. The first-order valence-corrected chi connectivity index (χ1v) is 6.56. The van der Waals surface area contributed by atoms with Crippen LogP contribution in [-0.2, 0) is 11.3 Å². The van der Waals surface area contributed by atoms with Gasteiger partial charge >= 0.3 is 0 Å². The van der Waals surface area contributed by atoms with Crippen molar-refractivity contribution in [2.24, 2.45) is 5.73 Å². The number of hydrogen-bond acceptors (Lipinski definition) is 4. The van der Waals surface area contributed by atoms with Gasteiger partial charge in [-0.2, -0.15) is 0 Å². The van der Waals surface area contributed by atoms with Crippen LogP contribution in [0.2, 0.25) is 0 Å². The molecule has 0 aromatic heterocycles. The van der Waals surface area contributed by atoms with Crippen LogP contribution in [0.25, 0.3) is 0 Å². The van der Waals surface area contributed by atoms with Gasteiger partial charge in [0.15, 0.2) is 11.5 Å². The van der Waals surface area contributed by atoms with E-state index in [9.17, 15) is 4.79 Å². The van der Waals surface area contributed by atoms with Crippen molar-refractivity contribution >= 4 is 21.8 Å². The lowest BCUT2D eigenvalue weighted by Gasteiger charge is -2.22. The molecule has 0 atom stereocenters. The minimum absolute atomic E-state index is 0.396. The highest BCUT2D eigenvalue weighted by Crippen LogP contribution is 2.36. The lowest BCUT2D eigenvalue weighted by Crippen LogP contribution is -2.50. The van der Waals surface area contributed by atoms with Crippen molar-refractivity contribution in [1.29, 1.82) is 0 Å². The molecule has 0 spiro atoms. The van der Waals surface area contributed by atoms with Gasteiger partial charge in [-0.15, -0.1) is 0 Å². The summed E-state index contributed by atoms with van der Waals surface area (Å²) in [5.74, 6) is 0.873. The van der Waals surface area contributed by atoms with Crippen molar-refractivity contribution in [3.05, 3.63) is 22.2 Å². The molecule has 3 N–H and O–H groups in total. The molecule has 0 fully saturated rings. The maximum absolute atomic E-state index is 11.2. The quantitative estimate of drug-likeness (QED) is 0.834. The molecule has 19 heavy (non-hydrogen) atoms. The number of nitrogens with one attached hydrogen (secondary N) is 1. The zero-order valence-electron chi connectivity index (χ0n) is 11.5. The third-order valence-electron chi connectivity index (χ3n) is 2.84.